The zero-order valence-electron chi connectivity index (χ0n) is 16.1. The van der Waals surface area contributed by atoms with Crippen LogP contribution in [0.25, 0.3) is 0 Å². The molecule has 2 amide bonds. The van der Waals surface area contributed by atoms with Crippen molar-refractivity contribution in [3.05, 3.63) is 89.7 Å². The second-order valence-corrected chi connectivity index (χ2v) is 6.60. The lowest BCUT2D eigenvalue weighted by Gasteiger charge is -2.15. The van der Waals surface area contributed by atoms with Gasteiger partial charge in [0.1, 0.15) is 11.6 Å². The molecule has 1 unspecified atom stereocenters. The molecule has 5 nitrogen and oxygen atoms in total. The van der Waals surface area contributed by atoms with Crippen LogP contribution < -0.4 is 15.4 Å². The van der Waals surface area contributed by atoms with Crippen molar-refractivity contribution in [3.63, 3.8) is 0 Å². The van der Waals surface area contributed by atoms with Gasteiger partial charge in [-0.05, 0) is 68.4 Å². The van der Waals surface area contributed by atoms with E-state index in [0.29, 0.717) is 22.7 Å². The number of carbonyl (C=O) groups is 2. The van der Waals surface area contributed by atoms with Gasteiger partial charge in [0.05, 0.1) is 0 Å². The van der Waals surface area contributed by atoms with E-state index >= 15 is 0 Å². The summed E-state index contributed by atoms with van der Waals surface area (Å²) in [4.78, 5) is 24.8. The molecule has 1 atom stereocenters. The Balaban J connectivity index is 1.62. The Hall–Kier alpha value is -3.67. The number of ether oxygens (including phenoxy) is 1. The minimum atomic E-state index is -0.714. The molecule has 148 valence electrons. The number of amides is 2. The number of nitrogens with one attached hydrogen (secondary N) is 2. The summed E-state index contributed by atoms with van der Waals surface area (Å²) < 4.78 is 18.6. The van der Waals surface area contributed by atoms with E-state index in [9.17, 15) is 14.0 Å². The van der Waals surface area contributed by atoms with Crippen LogP contribution in [0.5, 0.6) is 5.75 Å². The van der Waals surface area contributed by atoms with Crippen LogP contribution in [0, 0.1) is 12.7 Å². The second-order valence-electron chi connectivity index (χ2n) is 6.60. The molecule has 0 aromatic heterocycles. The normalized spacial score (nSPS) is 11.4. The predicted molar refractivity (Wildman–Crippen MR) is 111 cm³/mol. The summed E-state index contributed by atoms with van der Waals surface area (Å²) in [6.07, 6.45) is -0.714. The monoisotopic (exact) mass is 392 g/mol. The van der Waals surface area contributed by atoms with Crippen LogP contribution >= 0.6 is 0 Å². The van der Waals surface area contributed by atoms with Crippen LogP contribution in [-0.2, 0) is 4.79 Å². The maximum absolute atomic E-state index is 13.0. The number of anilines is 2. The van der Waals surface area contributed by atoms with Crippen molar-refractivity contribution in [1.29, 1.82) is 0 Å². The fourth-order valence-corrected chi connectivity index (χ4v) is 2.59. The van der Waals surface area contributed by atoms with Crippen molar-refractivity contribution >= 4 is 23.2 Å². The van der Waals surface area contributed by atoms with Gasteiger partial charge in [-0.25, -0.2) is 4.39 Å². The lowest BCUT2D eigenvalue weighted by atomic mass is 10.1. The summed E-state index contributed by atoms with van der Waals surface area (Å²) in [5.41, 5.74) is 2.41. The van der Waals surface area contributed by atoms with Gasteiger partial charge in [-0.2, -0.15) is 0 Å². The fourth-order valence-electron chi connectivity index (χ4n) is 2.59. The van der Waals surface area contributed by atoms with E-state index in [0.717, 1.165) is 5.56 Å². The Labute approximate surface area is 168 Å². The molecule has 0 heterocycles. The molecule has 2 N–H and O–H groups in total. The van der Waals surface area contributed by atoms with Crippen LogP contribution in [0.2, 0.25) is 0 Å². The molecular weight excluding hydrogens is 371 g/mol. The number of aryl methyl sites for hydroxylation is 1. The SMILES string of the molecule is Cc1ccc(OC(C)C(=O)Nc2cccc(C(=O)Nc3ccc(F)cc3)c2)cc1. The van der Waals surface area contributed by atoms with E-state index < -0.39 is 6.10 Å². The molecule has 0 saturated carbocycles. The van der Waals surface area contributed by atoms with E-state index in [4.69, 9.17) is 4.74 Å². The van der Waals surface area contributed by atoms with Gasteiger partial charge in [0.25, 0.3) is 11.8 Å². The smallest absolute Gasteiger partial charge is 0.265 e. The molecule has 0 aliphatic carbocycles. The minimum absolute atomic E-state index is 0.332. The molecule has 3 aromatic carbocycles. The fraction of sp³-hybridized carbons (Fsp3) is 0.130. The summed E-state index contributed by atoms with van der Waals surface area (Å²) >= 11 is 0. The van der Waals surface area contributed by atoms with Gasteiger partial charge in [-0.15, -0.1) is 0 Å². The molecule has 0 aliphatic heterocycles. The highest BCUT2D eigenvalue weighted by molar-refractivity contribution is 6.05. The van der Waals surface area contributed by atoms with Crippen LogP contribution in [-0.4, -0.2) is 17.9 Å². The standard InChI is InChI=1S/C23H21FN2O3/c1-15-6-12-21(13-7-15)29-16(2)22(27)26-20-5-3-4-17(14-20)23(28)25-19-10-8-18(24)9-11-19/h3-14,16H,1-2H3,(H,25,28)(H,26,27). The van der Waals surface area contributed by atoms with Crippen molar-refractivity contribution in [3.8, 4) is 5.75 Å². The molecule has 0 radical (unpaired) electrons. The maximum atomic E-state index is 13.0. The number of hydrogen-bond acceptors (Lipinski definition) is 3. The van der Waals surface area contributed by atoms with Gasteiger partial charge in [0, 0.05) is 16.9 Å². The van der Waals surface area contributed by atoms with Gasteiger partial charge in [0.2, 0.25) is 0 Å². The average Bonchev–Trinajstić information content (AvgIpc) is 2.71. The summed E-state index contributed by atoms with van der Waals surface area (Å²) in [5, 5.41) is 5.43. The van der Waals surface area contributed by atoms with Gasteiger partial charge in [-0.3, -0.25) is 9.59 Å². The van der Waals surface area contributed by atoms with E-state index in [1.807, 2.05) is 19.1 Å². The highest BCUT2D eigenvalue weighted by Gasteiger charge is 2.16. The minimum Gasteiger partial charge on any atom is -0.481 e. The Bertz CT molecular complexity index is 1000. The topological polar surface area (TPSA) is 67.4 Å². The van der Waals surface area contributed by atoms with E-state index in [-0.39, 0.29) is 17.6 Å². The third-order valence-electron chi connectivity index (χ3n) is 4.20. The predicted octanol–water partition coefficient (Wildman–Crippen LogP) is 4.79. The number of carbonyl (C=O) groups excluding carboxylic acids is 2. The molecule has 0 aliphatic rings. The first kappa shape index (κ1) is 20.1. The summed E-state index contributed by atoms with van der Waals surface area (Å²) in [7, 11) is 0. The first-order valence-corrected chi connectivity index (χ1v) is 9.12. The number of rotatable bonds is 6. The highest BCUT2D eigenvalue weighted by Crippen LogP contribution is 2.17. The second kappa shape index (κ2) is 9.01. The number of hydrogen-bond donors (Lipinski definition) is 2. The highest BCUT2D eigenvalue weighted by atomic mass is 19.1. The van der Waals surface area contributed by atoms with Crippen molar-refractivity contribution in [2.45, 2.75) is 20.0 Å². The Morgan fingerprint density at radius 2 is 1.59 bits per heavy atom. The lowest BCUT2D eigenvalue weighted by Crippen LogP contribution is -2.30. The zero-order chi connectivity index (χ0) is 20.8. The average molecular weight is 392 g/mol. The molecular formula is C23H21FN2O3. The third kappa shape index (κ3) is 5.65. The number of halogens is 1. The van der Waals surface area contributed by atoms with Crippen LogP contribution in [0.15, 0.2) is 72.8 Å². The van der Waals surface area contributed by atoms with Crippen molar-refractivity contribution in [2.24, 2.45) is 0 Å². The van der Waals surface area contributed by atoms with Crippen LogP contribution in [0.1, 0.15) is 22.8 Å². The Morgan fingerprint density at radius 1 is 0.897 bits per heavy atom. The van der Waals surface area contributed by atoms with Crippen LogP contribution in [0.4, 0.5) is 15.8 Å². The Kier molecular flexibility index (Phi) is 6.24. The Morgan fingerprint density at radius 3 is 2.28 bits per heavy atom. The largest absolute Gasteiger partial charge is 0.481 e. The van der Waals surface area contributed by atoms with E-state index in [1.54, 1.807) is 43.3 Å². The van der Waals surface area contributed by atoms with Gasteiger partial charge in [-0.1, -0.05) is 23.8 Å². The molecule has 0 bridgehead atoms. The number of benzene rings is 3. The third-order valence-corrected chi connectivity index (χ3v) is 4.20. The van der Waals surface area contributed by atoms with E-state index in [2.05, 4.69) is 10.6 Å². The summed E-state index contributed by atoms with van der Waals surface area (Å²) in [6.45, 7) is 3.62. The molecule has 3 rings (SSSR count). The summed E-state index contributed by atoms with van der Waals surface area (Å²) in [6, 6.07) is 19.4. The molecule has 6 heteroatoms. The summed E-state index contributed by atoms with van der Waals surface area (Å²) in [5.74, 6) is -0.473. The molecule has 0 saturated heterocycles. The van der Waals surface area contributed by atoms with Gasteiger partial charge < -0.3 is 15.4 Å². The molecule has 3 aromatic rings. The van der Waals surface area contributed by atoms with Crippen LogP contribution in [0.3, 0.4) is 0 Å². The zero-order valence-corrected chi connectivity index (χ0v) is 16.1. The first-order chi connectivity index (χ1) is 13.9. The van der Waals surface area contributed by atoms with Crippen molar-refractivity contribution in [2.75, 3.05) is 10.6 Å². The molecule has 0 fully saturated rings. The lowest BCUT2D eigenvalue weighted by molar-refractivity contribution is -0.122. The van der Waals surface area contributed by atoms with Gasteiger partial charge in [0.15, 0.2) is 6.10 Å². The van der Waals surface area contributed by atoms with Gasteiger partial charge >= 0.3 is 0 Å². The van der Waals surface area contributed by atoms with E-state index in [1.165, 1.54) is 24.3 Å². The van der Waals surface area contributed by atoms with Crippen molar-refractivity contribution in [1.82, 2.24) is 0 Å². The maximum Gasteiger partial charge on any atom is 0.265 e. The molecule has 0 spiro atoms. The van der Waals surface area contributed by atoms with Crippen molar-refractivity contribution < 1.29 is 18.7 Å². The first-order valence-electron chi connectivity index (χ1n) is 9.12. The quantitative estimate of drug-likeness (QED) is 0.634. The molecule has 29 heavy (non-hydrogen) atoms.